The smallest absolute Gasteiger partial charge is 0.243 e. The summed E-state index contributed by atoms with van der Waals surface area (Å²) in [5.74, 6) is 1.09. The van der Waals surface area contributed by atoms with Crippen molar-refractivity contribution in [2.45, 2.75) is 18.3 Å². The topological polar surface area (TPSA) is 156 Å². The van der Waals surface area contributed by atoms with E-state index in [0.717, 1.165) is 0 Å². The largest absolute Gasteiger partial charge is 0.494 e. The Morgan fingerprint density at radius 2 is 1.68 bits per heavy atom. The molecular formula is C23H27N7O6S. The minimum absolute atomic E-state index is 0.164. The number of hydrogen-bond acceptors (Lipinski definition) is 10. The molecule has 4 aromatic rings. The molecule has 0 aliphatic heterocycles. The van der Waals surface area contributed by atoms with Crippen molar-refractivity contribution >= 4 is 16.0 Å². The number of rotatable bonds is 10. The molecule has 0 amide bonds. The van der Waals surface area contributed by atoms with Crippen molar-refractivity contribution in [3.63, 3.8) is 0 Å². The van der Waals surface area contributed by atoms with Crippen molar-refractivity contribution in [1.29, 1.82) is 0 Å². The van der Waals surface area contributed by atoms with Crippen LogP contribution in [-0.4, -0.2) is 69.4 Å². The van der Waals surface area contributed by atoms with Gasteiger partial charge in [-0.05, 0) is 25.1 Å². The van der Waals surface area contributed by atoms with Crippen LogP contribution < -0.4 is 18.9 Å². The number of hydrogen-bond donors (Lipinski definition) is 2. The Kier molecular flexibility index (Phi) is 7.31. The fourth-order valence-corrected chi connectivity index (χ4v) is 4.70. The van der Waals surface area contributed by atoms with Crippen molar-refractivity contribution in [2.24, 2.45) is 7.05 Å². The number of anilines is 1. The van der Waals surface area contributed by atoms with Crippen molar-refractivity contribution in [1.82, 2.24) is 29.3 Å². The molecule has 0 saturated carbocycles. The first-order valence-electron chi connectivity index (χ1n) is 11.1. The van der Waals surface area contributed by atoms with E-state index in [1.807, 2.05) is 0 Å². The summed E-state index contributed by atoms with van der Waals surface area (Å²) in [5, 5.41) is 17.7. The average molecular weight is 530 g/mol. The van der Waals surface area contributed by atoms with Gasteiger partial charge in [0.05, 0.1) is 33.4 Å². The van der Waals surface area contributed by atoms with Crippen LogP contribution in [-0.2, 0) is 17.1 Å². The van der Waals surface area contributed by atoms with Gasteiger partial charge in [0, 0.05) is 19.3 Å². The van der Waals surface area contributed by atoms with Gasteiger partial charge in [-0.25, -0.2) is 18.4 Å². The summed E-state index contributed by atoms with van der Waals surface area (Å²) in [6, 6.07) is 10.2. The van der Waals surface area contributed by atoms with Crippen LogP contribution in [0.3, 0.4) is 0 Å². The third-order valence-corrected chi connectivity index (χ3v) is 7.35. The van der Waals surface area contributed by atoms with Gasteiger partial charge in [-0.2, -0.15) is 0 Å². The predicted octanol–water partition coefficient (Wildman–Crippen LogP) is 1.95. The zero-order chi connectivity index (χ0) is 26.7. The summed E-state index contributed by atoms with van der Waals surface area (Å²) < 4.78 is 48.6. The van der Waals surface area contributed by atoms with Gasteiger partial charge in [-0.1, -0.05) is 12.1 Å². The fraction of sp³-hybridized carbons (Fsp3) is 0.304. The molecule has 13 nitrogen and oxygen atoms in total. The first-order chi connectivity index (χ1) is 17.7. The summed E-state index contributed by atoms with van der Waals surface area (Å²) >= 11 is 0. The molecule has 2 N–H and O–H groups in total. The number of aliphatic hydroxyl groups excluding tert-OH is 1. The van der Waals surface area contributed by atoms with Gasteiger partial charge in [0.1, 0.15) is 34.2 Å². The van der Waals surface area contributed by atoms with Gasteiger partial charge in [-0.3, -0.25) is 9.29 Å². The van der Waals surface area contributed by atoms with Crippen LogP contribution in [0.5, 0.6) is 17.4 Å². The van der Waals surface area contributed by atoms with Crippen LogP contribution in [0.15, 0.2) is 48.9 Å². The Balaban J connectivity index is 1.85. The number of methoxy groups -OCH3 is 3. The highest BCUT2D eigenvalue weighted by molar-refractivity contribution is 7.93. The first kappa shape index (κ1) is 25.9. The van der Waals surface area contributed by atoms with E-state index in [1.165, 1.54) is 39.1 Å². The lowest BCUT2D eigenvalue weighted by Crippen LogP contribution is -2.32. The maximum absolute atomic E-state index is 13.4. The molecule has 37 heavy (non-hydrogen) atoms. The summed E-state index contributed by atoms with van der Waals surface area (Å²) in [4.78, 5) is 8.48. The van der Waals surface area contributed by atoms with Crippen molar-refractivity contribution in [3.05, 3.63) is 54.6 Å². The third-order valence-electron chi connectivity index (χ3n) is 5.65. The molecule has 14 heteroatoms. The monoisotopic (exact) mass is 529 g/mol. The minimum Gasteiger partial charge on any atom is -0.494 e. The molecule has 0 aliphatic rings. The molecule has 196 valence electrons. The SMILES string of the molecule is COc1cccc(-c2nnc(NS(=O)(=O)[C@H](C)[C@@H](O)c3cn(C)cn3)n2-c2c(OC)cccc2OC)n1. The Morgan fingerprint density at radius 3 is 2.27 bits per heavy atom. The number of benzene rings is 1. The van der Waals surface area contributed by atoms with Crippen molar-refractivity contribution in [2.75, 3.05) is 26.1 Å². The lowest BCUT2D eigenvalue weighted by molar-refractivity contribution is 0.172. The predicted molar refractivity (Wildman–Crippen MR) is 134 cm³/mol. The van der Waals surface area contributed by atoms with Crippen LogP contribution in [0.1, 0.15) is 18.7 Å². The van der Waals surface area contributed by atoms with Crippen LogP contribution in [0, 0.1) is 0 Å². The Labute approximate surface area is 213 Å². The van der Waals surface area contributed by atoms with E-state index in [4.69, 9.17) is 14.2 Å². The number of pyridine rings is 1. The second-order valence-electron chi connectivity index (χ2n) is 8.02. The summed E-state index contributed by atoms with van der Waals surface area (Å²) in [5.41, 5.74) is 0.911. The van der Waals surface area contributed by atoms with Gasteiger partial charge in [0.15, 0.2) is 5.82 Å². The van der Waals surface area contributed by atoms with E-state index >= 15 is 0 Å². The van der Waals surface area contributed by atoms with Crippen LogP contribution in [0.25, 0.3) is 17.2 Å². The van der Waals surface area contributed by atoms with Gasteiger partial charge < -0.3 is 23.9 Å². The normalized spacial score (nSPS) is 13.1. The highest BCUT2D eigenvalue weighted by Gasteiger charge is 2.33. The Morgan fingerprint density at radius 1 is 1.00 bits per heavy atom. The average Bonchev–Trinajstić information content (AvgIpc) is 3.52. The number of para-hydroxylation sites is 1. The molecule has 2 atom stereocenters. The zero-order valence-corrected chi connectivity index (χ0v) is 21.7. The zero-order valence-electron chi connectivity index (χ0n) is 20.9. The van der Waals surface area contributed by atoms with Gasteiger partial charge in [0.25, 0.3) is 0 Å². The number of nitrogens with zero attached hydrogens (tertiary/aromatic N) is 6. The molecule has 0 radical (unpaired) electrons. The molecule has 0 saturated heterocycles. The number of ether oxygens (including phenoxy) is 3. The van der Waals surface area contributed by atoms with E-state index in [9.17, 15) is 13.5 Å². The summed E-state index contributed by atoms with van der Waals surface area (Å²) in [6.45, 7) is 1.37. The molecule has 0 fully saturated rings. The van der Waals surface area contributed by atoms with Crippen LogP contribution in [0.4, 0.5) is 5.95 Å². The molecule has 4 rings (SSSR count). The standard InChI is InChI=1S/C23H27N7O6S/c1-14(21(31)16-12-29(2)13-24-16)37(32,33)28-23-27-26-22(15-8-6-11-19(25-15)36-5)30(23)20-17(34-3)9-7-10-18(20)35-4/h6-14,21,31H,1-5H3,(H,27,28)/t14-,21-/m1/s1. The lowest BCUT2D eigenvalue weighted by Gasteiger charge is -2.20. The highest BCUT2D eigenvalue weighted by Crippen LogP contribution is 2.38. The molecule has 3 heterocycles. The third kappa shape index (κ3) is 5.06. The van der Waals surface area contributed by atoms with E-state index in [2.05, 4.69) is 24.9 Å². The maximum Gasteiger partial charge on any atom is 0.243 e. The van der Waals surface area contributed by atoms with E-state index < -0.39 is 21.4 Å². The lowest BCUT2D eigenvalue weighted by atomic mass is 10.2. The van der Waals surface area contributed by atoms with E-state index in [1.54, 1.807) is 54.2 Å². The quantitative estimate of drug-likeness (QED) is 0.311. The number of aryl methyl sites for hydroxylation is 1. The molecule has 0 bridgehead atoms. The summed E-state index contributed by atoms with van der Waals surface area (Å²) in [6.07, 6.45) is 1.63. The number of nitrogens with one attached hydrogen (secondary N) is 1. The summed E-state index contributed by atoms with van der Waals surface area (Å²) in [7, 11) is 1.95. The van der Waals surface area contributed by atoms with Crippen LogP contribution in [0.2, 0.25) is 0 Å². The minimum atomic E-state index is -4.20. The second kappa shape index (κ2) is 10.4. The number of imidazole rings is 1. The molecule has 0 spiro atoms. The molecule has 1 aromatic carbocycles. The number of aromatic nitrogens is 6. The Bertz CT molecular complexity index is 1480. The maximum atomic E-state index is 13.4. The molecule has 0 unspecified atom stereocenters. The highest BCUT2D eigenvalue weighted by atomic mass is 32.2. The van der Waals surface area contributed by atoms with Crippen molar-refractivity contribution in [3.8, 4) is 34.6 Å². The van der Waals surface area contributed by atoms with Gasteiger partial charge in [0.2, 0.25) is 21.9 Å². The molecule has 3 aromatic heterocycles. The number of aliphatic hydroxyl groups is 1. The van der Waals surface area contributed by atoms with Crippen molar-refractivity contribution < 1.29 is 27.7 Å². The number of sulfonamides is 1. The van der Waals surface area contributed by atoms with Crippen LogP contribution >= 0.6 is 0 Å². The molecular weight excluding hydrogens is 502 g/mol. The van der Waals surface area contributed by atoms with Gasteiger partial charge in [-0.15, -0.1) is 10.2 Å². The second-order valence-corrected chi connectivity index (χ2v) is 10.1. The van der Waals surface area contributed by atoms with Gasteiger partial charge >= 0.3 is 0 Å². The fourth-order valence-electron chi connectivity index (χ4n) is 3.65. The Hall–Kier alpha value is -4.17. The van der Waals surface area contributed by atoms with E-state index in [0.29, 0.717) is 28.8 Å². The first-order valence-corrected chi connectivity index (χ1v) is 12.6. The molecule has 0 aliphatic carbocycles. The van der Waals surface area contributed by atoms with E-state index in [-0.39, 0.29) is 17.5 Å².